The molecule has 2 N–H and O–H groups in total. The standard InChI is InChI=1S/C16H18O7/c17-13(18)9-5-1-3-7-11(9)15(21)23-16(22)12-8-4-2-6-10(12)14(19)20/h1-4,9-12H,5-8H2,(H,17,18)(H,19,20)/t9-,10+,11-,12+. The number of hydrogen-bond donors (Lipinski definition) is 2. The number of carboxylic acids is 2. The van der Waals surface area contributed by atoms with E-state index >= 15 is 0 Å². The van der Waals surface area contributed by atoms with Crippen molar-refractivity contribution < 1.29 is 34.1 Å². The van der Waals surface area contributed by atoms with E-state index in [0.717, 1.165) is 0 Å². The molecule has 0 bridgehead atoms. The quantitative estimate of drug-likeness (QED) is 0.456. The van der Waals surface area contributed by atoms with Crippen LogP contribution < -0.4 is 0 Å². The zero-order chi connectivity index (χ0) is 17.0. The predicted molar refractivity (Wildman–Crippen MR) is 77.1 cm³/mol. The fraction of sp³-hybridized carbons (Fsp3) is 0.500. The molecule has 2 rings (SSSR count). The van der Waals surface area contributed by atoms with Crippen molar-refractivity contribution in [3.63, 3.8) is 0 Å². The Kier molecular flexibility index (Phi) is 5.31. The molecule has 2 aliphatic carbocycles. The van der Waals surface area contributed by atoms with Crippen LogP contribution in [-0.4, -0.2) is 34.1 Å². The van der Waals surface area contributed by atoms with E-state index in [1.165, 1.54) is 0 Å². The first kappa shape index (κ1) is 16.9. The summed E-state index contributed by atoms with van der Waals surface area (Å²) < 4.78 is 4.82. The van der Waals surface area contributed by atoms with Crippen LogP contribution in [0.4, 0.5) is 0 Å². The van der Waals surface area contributed by atoms with Crippen molar-refractivity contribution in [3.05, 3.63) is 24.3 Å². The molecule has 0 radical (unpaired) electrons. The van der Waals surface area contributed by atoms with Crippen LogP contribution in [0.3, 0.4) is 0 Å². The summed E-state index contributed by atoms with van der Waals surface area (Å²) >= 11 is 0. The van der Waals surface area contributed by atoms with Gasteiger partial charge in [0, 0.05) is 0 Å². The van der Waals surface area contributed by atoms with Gasteiger partial charge in [0.2, 0.25) is 0 Å². The van der Waals surface area contributed by atoms with E-state index in [1.54, 1.807) is 24.3 Å². The van der Waals surface area contributed by atoms with Crippen molar-refractivity contribution >= 4 is 23.9 Å². The zero-order valence-corrected chi connectivity index (χ0v) is 12.4. The SMILES string of the molecule is O=C(O)[C@H]1CC=CC[C@@H]1C(=O)OC(=O)[C@@H]1CC=CC[C@H]1C(=O)O. The smallest absolute Gasteiger partial charge is 0.317 e. The summed E-state index contributed by atoms with van der Waals surface area (Å²) in [5.74, 6) is -7.74. The number of ether oxygens (including phenoxy) is 1. The topological polar surface area (TPSA) is 118 Å². The van der Waals surface area contributed by atoms with Gasteiger partial charge < -0.3 is 14.9 Å². The van der Waals surface area contributed by atoms with Crippen LogP contribution in [0.25, 0.3) is 0 Å². The highest BCUT2D eigenvalue weighted by Crippen LogP contribution is 2.30. The maximum atomic E-state index is 12.1. The van der Waals surface area contributed by atoms with Crippen LogP contribution in [0.5, 0.6) is 0 Å². The van der Waals surface area contributed by atoms with Crippen LogP contribution in [0, 0.1) is 23.7 Å². The van der Waals surface area contributed by atoms with Crippen molar-refractivity contribution in [1.82, 2.24) is 0 Å². The Labute approximate surface area is 132 Å². The Morgan fingerprint density at radius 2 is 0.957 bits per heavy atom. The number of carboxylic acid groups (broad SMARTS) is 2. The van der Waals surface area contributed by atoms with E-state index in [1.807, 2.05) is 0 Å². The molecule has 124 valence electrons. The van der Waals surface area contributed by atoms with Crippen LogP contribution in [-0.2, 0) is 23.9 Å². The van der Waals surface area contributed by atoms with Gasteiger partial charge in [0.1, 0.15) is 0 Å². The first-order chi connectivity index (χ1) is 10.9. The van der Waals surface area contributed by atoms with Gasteiger partial charge in [0.25, 0.3) is 0 Å². The molecule has 0 aromatic carbocycles. The minimum atomic E-state index is -1.12. The van der Waals surface area contributed by atoms with Gasteiger partial charge in [-0.1, -0.05) is 24.3 Å². The van der Waals surface area contributed by atoms with Crippen molar-refractivity contribution in [2.75, 3.05) is 0 Å². The number of carbonyl (C=O) groups excluding carboxylic acids is 2. The maximum absolute atomic E-state index is 12.1. The van der Waals surface area contributed by atoms with E-state index < -0.39 is 47.5 Å². The molecule has 23 heavy (non-hydrogen) atoms. The Bertz CT molecular complexity index is 525. The van der Waals surface area contributed by atoms with Gasteiger partial charge in [-0.15, -0.1) is 0 Å². The lowest BCUT2D eigenvalue weighted by atomic mass is 9.82. The number of aliphatic carboxylic acids is 2. The van der Waals surface area contributed by atoms with E-state index in [2.05, 4.69) is 0 Å². The second-order valence-corrected chi connectivity index (χ2v) is 5.73. The molecule has 2 aliphatic rings. The fourth-order valence-electron chi connectivity index (χ4n) is 2.95. The summed E-state index contributed by atoms with van der Waals surface area (Å²) in [6.07, 6.45) is 7.50. The molecule has 0 heterocycles. The largest absolute Gasteiger partial charge is 0.481 e. The summed E-state index contributed by atoms with van der Waals surface area (Å²) in [4.78, 5) is 46.6. The van der Waals surface area contributed by atoms with Gasteiger partial charge in [-0.3, -0.25) is 19.2 Å². The van der Waals surface area contributed by atoms with Gasteiger partial charge in [-0.25, -0.2) is 0 Å². The highest BCUT2D eigenvalue weighted by Gasteiger charge is 2.40. The molecule has 0 aromatic heterocycles. The molecule has 7 heteroatoms. The summed E-state index contributed by atoms with van der Waals surface area (Å²) in [7, 11) is 0. The van der Waals surface area contributed by atoms with Gasteiger partial charge in [0.15, 0.2) is 0 Å². The number of hydrogen-bond acceptors (Lipinski definition) is 5. The highest BCUT2D eigenvalue weighted by atomic mass is 16.6. The molecule has 0 amide bonds. The van der Waals surface area contributed by atoms with E-state index in [0.29, 0.717) is 0 Å². The Balaban J connectivity index is 2.05. The average molecular weight is 322 g/mol. The number of rotatable bonds is 4. The molecular formula is C16H18O7. The summed E-state index contributed by atoms with van der Waals surface area (Å²) in [5, 5.41) is 18.3. The first-order valence-electron chi connectivity index (χ1n) is 7.43. The predicted octanol–water partition coefficient (Wildman–Crippen LogP) is 1.39. The molecule has 0 aliphatic heterocycles. The molecule has 4 atom stereocenters. The highest BCUT2D eigenvalue weighted by molar-refractivity contribution is 5.92. The van der Waals surface area contributed by atoms with Crippen molar-refractivity contribution in [3.8, 4) is 0 Å². The van der Waals surface area contributed by atoms with E-state index in [-0.39, 0.29) is 25.7 Å². The Morgan fingerprint density at radius 1 is 0.652 bits per heavy atom. The van der Waals surface area contributed by atoms with Gasteiger partial charge in [0.05, 0.1) is 23.7 Å². The zero-order valence-electron chi connectivity index (χ0n) is 12.4. The van der Waals surface area contributed by atoms with Crippen molar-refractivity contribution in [2.24, 2.45) is 23.7 Å². The minimum absolute atomic E-state index is 0.190. The molecule has 0 unspecified atom stereocenters. The summed E-state index contributed by atoms with van der Waals surface area (Å²) in [5.41, 5.74) is 0. The van der Waals surface area contributed by atoms with Crippen LogP contribution in [0.15, 0.2) is 24.3 Å². The Morgan fingerprint density at radius 3 is 1.26 bits per heavy atom. The van der Waals surface area contributed by atoms with E-state index in [4.69, 9.17) is 14.9 Å². The molecule has 7 nitrogen and oxygen atoms in total. The molecular weight excluding hydrogens is 304 g/mol. The Hall–Kier alpha value is -2.44. The number of carbonyl (C=O) groups is 4. The lowest BCUT2D eigenvalue weighted by Gasteiger charge is -2.26. The normalized spacial score (nSPS) is 29.7. The average Bonchev–Trinajstić information content (AvgIpc) is 2.54. The maximum Gasteiger partial charge on any atom is 0.317 e. The third-order valence-corrected chi connectivity index (χ3v) is 4.31. The molecule has 0 fully saturated rings. The van der Waals surface area contributed by atoms with Gasteiger partial charge in [-0.2, -0.15) is 0 Å². The third kappa shape index (κ3) is 3.85. The first-order valence-corrected chi connectivity index (χ1v) is 7.43. The second-order valence-electron chi connectivity index (χ2n) is 5.73. The lowest BCUT2D eigenvalue weighted by molar-refractivity contribution is -0.172. The summed E-state index contributed by atoms with van der Waals surface area (Å²) in [6.45, 7) is 0. The fourth-order valence-corrected chi connectivity index (χ4v) is 2.95. The van der Waals surface area contributed by atoms with E-state index in [9.17, 15) is 19.2 Å². The number of allylic oxidation sites excluding steroid dienone is 4. The minimum Gasteiger partial charge on any atom is -0.481 e. The molecule has 0 aromatic rings. The van der Waals surface area contributed by atoms with Crippen LogP contribution in [0.1, 0.15) is 25.7 Å². The van der Waals surface area contributed by atoms with Crippen LogP contribution >= 0.6 is 0 Å². The monoisotopic (exact) mass is 322 g/mol. The molecule has 0 saturated heterocycles. The molecule has 0 saturated carbocycles. The third-order valence-electron chi connectivity index (χ3n) is 4.31. The second kappa shape index (κ2) is 7.21. The van der Waals surface area contributed by atoms with Gasteiger partial charge in [-0.05, 0) is 25.7 Å². The molecule has 0 spiro atoms. The van der Waals surface area contributed by atoms with Crippen LogP contribution in [0.2, 0.25) is 0 Å². The van der Waals surface area contributed by atoms with Crippen molar-refractivity contribution in [2.45, 2.75) is 25.7 Å². The lowest BCUT2D eigenvalue weighted by Crippen LogP contribution is -2.37. The summed E-state index contributed by atoms with van der Waals surface area (Å²) in [6, 6.07) is 0. The number of esters is 2. The van der Waals surface area contributed by atoms with Crippen molar-refractivity contribution in [1.29, 1.82) is 0 Å². The van der Waals surface area contributed by atoms with Gasteiger partial charge >= 0.3 is 23.9 Å².